The highest BCUT2D eigenvalue weighted by Crippen LogP contribution is 2.76. The Morgan fingerprint density at radius 1 is 0.719 bits per heavy atom. The lowest BCUT2D eigenvalue weighted by atomic mass is 9.33. The topological polar surface area (TPSA) is 275 Å². The number of rotatable bonds is 9. The molecule has 64 heavy (non-hydrogen) atoms. The quantitative estimate of drug-likeness (QED) is 0.116. The first kappa shape index (κ1) is 49.0. The molecule has 0 radical (unpaired) electrons. The van der Waals surface area contributed by atoms with Gasteiger partial charge in [0.05, 0.1) is 37.4 Å². The second-order valence-corrected chi connectivity index (χ2v) is 22.9. The highest BCUT2D eigenvalue weighted by molar-refractivity contribution is 5.76. The number of carbonyl (C=O) groups is 1. The van der Waals surface area contributed by atoms with Gasteiger partial charge < -0.3 is 79.5 Å². The van der Waals surface area contributed by atoms with E-state index in [0.717, 1.165) is 44.9 Å². The van der Waals surface area contributed by atoms with E-state index >= 15 is 0 Å². The molecule has 3 heterocycles. The molecule has 0 spiro atoms. The predicted octanol–water partition coefficient (Wildman–Crippen LogP) is 1.35. The van der Waals surface area contributed by atoms with Crippen LogP contribution in [-0.4, -0.2) is 169 Å². The number of aliphatic carboxylic acids is 1. The van der Waals surface area contributed by atoms with E-state index in [1.807, 2.05) is 6.92 Å². The molecule has 8 rings (SSSR count). The van der Waals surface area contributed by atoms with Crippen LogP contribution in [0.4, 0.5) is 0 Å². The normalized spacial score (nSPS) is 55.0. The molecule has 5 aliphatic carbocycles. The Labute approximate surface area is 376 Å². The number of hydrogen-bond donors (Lipinski definition) is 10. The highest BCUT2D eigenvalue weighted by atomic mass is 16.8. The maximum Gasteiger partial charge on any atom is 0.310 e. The predicted molar refractivity (Wildman–Crippen MR) is 225 cm³/mol. The Morgan fingerprint density at radius 2 is 1.39 bits per heavy atom. The zero-order valence-corrected chi connectivity index (χ0v) is 38.5. The monoisotopic (exact) mass is 913 g/mol. The molecule has 4 saturated carbocycles. The van der Waals surface area contributed by atoms with Crippen molar-refractivity contribution in [3.05, 3.63) is 11.6 Å². The zero-order chi connectivity index (χ0) is 46.7. The van der Waals surface area contributed by atoms with Gasteiger partial charge in [0.2, 0.25) is 0 Å². The van der Waals surface area contributed by atoms with Crippen molar-refractivity contribution >= 4 is 5.97 Å². The van der Waals surface area contributed by atoms with Crippen LogP contribution in [0.1, 0.15) is 113 Å². The molecule has 3 saturated heterocycles. The van der Waals surface area contributed by atoms with Gasteiger partial charge in [-0.05, 0) is 111 Å². The summed E-state index contributed by atoms with van der Waals surface area (Å²) in [5.41, 5.74) is -0.609. The third kappa shape index (κ3) is 7.49. The molecule has 17 heteroatoms. The number of carboxylic acid groups (broad SMARTS) is 1. The maximum absolute atomic E-state index is 13.1. The van der Waals surface area contributed by atoms with Crippen molar-refractivity contribution in [1.29, 1.82) is 0 Å². The van der Waals surface area contributed by atoms with E-state index in [4.69, 9.17) is 28.4 Å². The zero-order valence-electron chi connectivity index (χ0n) is 38.5. The molecular weight excluding hydrogens is 837 g/mol. The Bertz CT molecular complexity index is 1750. The first-order valence-corrected chi connectivity index (χ1v) is 23.7. The molecule has 9 unspecified atom stereocenters. The van der Waals surface area contributed by atoms with Crippen LogP contribution in [-0.2, 0) is 33.2 Å². The SMILES string of the molecule is C[C@@H]1O[C@@H](O[C@H]2[C@H](OC3CCC4(C)C(CCC5(C)C4CC=C4C6CC(C)(C)CCC6(C(=O)O)CCC45C)C3(C)CO)OC[C@@H](O)[C@@H]2O)[C@H](O)[C@H](O[C@@H]2O[C@H](CO)[C@@H](O)[C@H](O)[C@H]2O)[C@@H]1O. The van der Waals surface area contributed by atoms with Crippen molar-refractivity contribution < 1.29 is 84.3 Å². The average Bonchev–Trinajstić information content (AvgIpc) is 3.24. The van der Waals surface area contributed by atoms with Crippen molar-refractivity contribution in [2.45, 2.75) is 205 Å². The molecule has 17 nitrogen and oxygen atoms in total. The van der Waals surface area contributed by atoms with Crippen LogP contribution >= 0.6 is 0 Å². The molecule has 0 bridgehead atoms. The lowest BCUT2D eigenvalue weighted by Crippen LogP contribution is -2.67. The van der Waals surface area contributed by atoms with Crippen LogP contribution in [0.2, 0.25) is 0 Å². The van der Waals surface area contributed by atoms with Crippen molar-refractivity contribution in [3.63, 3.8) is 0 Å². The number of fused-ring (bicyclic) bond motifs is 7. The first-order valence-electron chi connectivity index (χ1n) is 23.7. The Kier molecular flexibility index (Phi) is 13.2. The second-order valence-electron chi connectivity index (χ2n) is 22.9. The molecule has 0 aromatic heterocycles. The molecule has 23 atom stereocenters. The van der Waals surface area contributed by atoms with Gasteiger partial charge in [0, 0.05) is 5.41 Å². The number of aliphatic hydroxyl groups is 9. The van der Waals surface area contributed by atoms with E-state index in [2.05, 4.69) is 40.7 Å². The smallest absolute Gasteiger partial charge is 0.310 e. The number of carboxylic acids is 1. The fraction of sp³-hybridized carbons (Fsp3) is 0.936. The molecule has 7 fully saturated rings. The van der Waals surface area contributed by atoms with Gasteiger partial charge in [-0.3, -0.25) is 4.79 Å². The van der Waals surface area contributed by atoms with Crippen molar-refractivity contribution in [2.75, 3.05) is 19.8 Å². The number of ether oxygens (including phenoxy) is 6. The standard InChI is InChI=1S/C47H76O17/c1-22-30(51)36(63-38-34(55)33(54)32(53)26(19-48)61-38)35(56)39(60-22)64-37-31(52)25(50)20-59-40(37)62-29-11-12-43(4)27(44(29,5)21-49)10-13-46(7)28(43)9-8-23-24-18-42(2,3)14-16-47(24,41(57)58)17-15-45(23,46)6/h8,22,24-40,48-56H,9-21H2,1-7H3,(H,57,58)/t22-,24?,25+,26+,27?,28?,29?,30+,31-,32+,33-,34+,35+,36+,37+,38-,39-,40-,43?,44?,45?,46?,47?/m0/s1. The van der Waals surface area contributed by atoms with E-state index in [9.17, 15) is 55.9 Å². The number of hydrogen-bond acceptors (Lipinski definition) is 16. The van der Waals surface area contributed by atoms with Crippen LogP contribution in [0.15, 0.2) is 11.6 Å². The maximum atomic E-state index is 13.1. The van der Waals surface area contributed by atoms with Crippen LogP contribution in [0.5, 0.6) is 0 Å². The molecule has 0 amide bonds. The molecule has 10 N–H and O–H groups in total. The second kappa shape index (κ2) is 17.2. The lowest BCUT2D eigenvalue weighted by Gasteiger charge is -2.71. The summed E-state index contributed by atoms with van der Waals surface area (Å²) < 4.78 is 36.1. The van der Waals surface area contributed by atoms with Crippen LogP contribution in [0.3, 0.4) is 0 Å². The molecule has 366 valence electrons. The fourth-order valence-corrected chi connectivity index (χ4v) is 14.8. The summed E-state index contributed by atoms with van der Waals surface area (Å²) in [5, 5.41) is 108. The van der Waals surface area contributed by atoms with Gasteiger partial charge in [-0.25, -0.2) is 0 Å². The first-order chi connectivity index (χ1) is 29.9. The molecule has 8 aliphatic rings. The lowest BCUT2D eigenvalue weighted by molar-refractivity contribution is -0.383. The number of allylic oxidation sites excluding steroid dienone is 2. The van der Waals surface area contributed by atoms with Gasteiger partial charge >= 0.3 is 5.97 Å². The summed E-state index contributed by atoms with van der Waals surface area (Å²) in [6, 6.07) is 0. The minimum Gasteiger partial charge on any atom is -0.481 e. The molecular formula is C47H76O17. The van der Waals surface area contributed by atoms with Crippen LogP contribution in [0.25, 0.3) is 0 Å². The third-order valence-electron chi connectivity index (χ3n) is 19.1. The summed E-state index contributed by atoms with van der Waals surface area (Å²) in [6.07, 6.45) is -11.9. The van der Waals surface area contributed by atoms with Gasteiger partial charge in [-0.2, -0.15) is 0 Å². The average molecular weight is 913 g/mol. The van der Waals surface area contributed by atoms with E-state index in [1.54, 1.807) is 0 Å². The Balaban J connectivity index is 1.01. The van der Waals surface area contributed by atoms with Crippen molar-refractivity contribution in [3.8, 4) is 0 Å². The molecule has 0 aromatic rings. The van der Waals surface area contributed by atoms with Gasteiger partial charge in [0.25, 0.3) is 0 Å². The summed E-state index contributed by atoms with van der Waals surface area (Å²) in [6.45, 7) is 14.1. The van der Waals surface area contributed by atoms with Gasteiger partial charge in [-0.1, -0.05) is 53.2 Å². The van der Waals surface area contributed by atoms with Crippen LogP contribution in [0, 0.1) is 50.2 Å². The van der Waals surface area contributed by atoms with E-state index < -0.39 is 116 Å². The summed E-state index contributed by atoms with van der Waals surface area (Å²) >= 11 is 0. The Morgan fingerprint density at radius 3 is 2.06 bits per heavy atom. The Hall–Kier alpha value is -1.39. The summed E-state index contributed by atoms with van der Waals surface area (Å²) in [4.78, 5) is 13.1. The van der Waals surface area contributed by atoms with Crippen molar-refractivity contribution in [1.82, 2.24) is 0 Å². The van der Waals surface area contributed by atoms with Crippen LogP contribution < -0.4 is 0 Å². The third-order valence-corrected chi connectivity index (χ3v) is 19.1. The largest absolute Gasteiger partial charge is 0.481 e. The minimum absolute atomic E-state index is 0.00330. The number of aliphatic hydroxyl groups excluding tert-OH is 9. The van der Waals surface area contributed by atoms with E-state index in [1.165, 1.54) is 12.5 Å². The molecule has 3 aliphatic heterocycles. The summed E-state index contributed by atoms with van der Waals surface area (Å²) in [7, 11) is 0. The van der Waals surface area contributed by atoms with Gasteiger partial charge in [0.1, 0.15) is 61.0 Å². The summed E-state index contributed by atoms with van der Waals surface area (Å²) in [5.74, 6) is -0.391. The minimum atomic E-state index is -1.82. The van der Waals surface area contributed by atoms with E-state index in [-0.39, 0.29) is 52.6 Å². The van der Waals surface area contributed by atoms with Gasteiger partial charge in [-0.15, -0.1) is 0 Å². The molecule has 0 aromatic carbocycles. The highest BCUT2D eigenvalue weighted by Gasteiger charge is 2.70. The fourth-order valence-electron chi connectivity index (χ4n) is 14.8. The van der Waals surface area contributed by atoms with Gasteiger partial charge in [0.15, 0.2) is 18.9 Å². The van der Waals surface area contributed by atoms with Crippen molar-refractivity contribution in [2.24, 2.45) is 50.2 Å². The van der Waals surface area contributed by atoms with E-state index in [0.29, 0.717) is 19.3 Å².